The van der Waals surface area contributed by atoms with Crippen LogP contribution in [-0.4, -0.2) is 25.3 Å². The van der Waals surface area contributed by atoms with Crippen LogP contribution in [0.25, 0.3) is 55.5 Å². The number of pyridine rings is 1. The third-order valence-electron chi connectivity index (χ3n) is 9.59. The van der Waals surface area contributed by atoms with Crippen LogP contribution in [0.2, 0.25) is 0 Å². The molecule has 50 heavy (non-hydrogen) atoms. The van der Waals surface area contributed by atoms with Crippen molar-refractivity contribution in [3.05, 3.63) is 136 Å². The summed E-state index contributed by atoms with van der Waals surface area (Å²) in [5.74, 6) is 2.00. The maximum absolute atomic E-state index is 8.52. The van der Waals surface area contributed by atoms with Crippen molar-refractivity contribution in [2.24, 2.45) is 6.98 Å². The molecule has 5 aromatic carbocycles. The molecule has 0 radical (unpaired) electrons. The van der Waals surface area contributed by atoms with Crippen LogP contribution in [0.15, 0.2) is 109 Å². The summed E-state index contributed by atoms with van der Waals surface area (Å²) in [4.78, 5) is 4.88. The monoisotopic (exact) mass is 839 g/mol. The molecule has 0 spiro atoms. The summed E-state index contributed by atoms with van der Waals surface area (Å²) < 4.78 is 68.5. The van der Waals surface area contributed by atoms with Gasteiger partial charge in [0, 0.05) is 15.9 Å². The van der Waals surface area contributed by atoms with Gasteiger partial charge in [-0.2, -0.15) is 0 Å². The number of para-hydroxylation sites is 2. The first kappa shape index (κ1) is 24.9. The van der Waals surface area contributed by atoms with Crippen LogP contribution in [-0.2, 0) is 31.7 Å². The Bertz CT molecular complexity index is 2910. The molecule has 6 nitrogen and oxygen atoms in total. The number of rotatable bonds is 5. The second kappa shape index (κ2) is 11.7. The van der Waals surface area contributed by atoms with Gasteiger partial charge < -0.3 is 4.74 Å². The fraction of sp³-hybridized carbons (Fsp3) is 0.163. The van der Waals surface area contributed by atoms with E-state index in [4.69, 9.17) is 22.7 Å². The van der Waals surface area contributed by atoms with Gasteiger partial charge in [-0.05, 0) is 35.4 Å². The quantitative estimate of drug-likeness (QED) is 0.162. The van der Waals surface area contributed by atoms with E-state index in [9.17, 15) is 0 Å². The molecule has 9 rings (SSSR count). The first-order valence-electron chi connectivity index (χ1n) is 19.3. The third kappa shape index (κ3) is 4.96. The number of ether oxygens (including phenoxy) is 2. The van der Waals surface area contributed by atoms with Crippen LogP contribution in [0.4, 0.5) is 0 Å². The Morgan fingerprint density at radius 1 is 0.840 bits per heavy atom. The number of hydrogen-bond donors (Lipinski definition) is 0. The molecule has 0 amide bonds. The van der Waals surface area contributed by atoms with Gasteiger partial charge in [-0.15, -0.1) is 0 Å². The van der Waals surface area contributed by atoms with Crippen LogP contribution >= 0.6 is 0 Å². The van der Waals surface area contributed by atoms with E-state index in [1.807, 2.05) is 107 Å². The van der Waals surface area contributed by atoms with E-state index in [1.54, 1.807) is 24.4 Å². The summed E-state index contributed by atoms with van der Waals surface area (Å²) in [7, 11) is 0. The molecule has 0 bridgehead atoms. The number of aryl methyl sites for hydroxylation is 2. The third-order valence-corrected chi connectivity index (χ3v) is 10.6. The van der Waals surface area contributed by atoms with Crippen molar-refractivity contribution in [3.63, 3.8) is 0 Å². The van der Waals surface area contributed by atoms with Gasteiger partial charge in [0.25, 0.3) is 0 Å². The first-order chi connectivity index (χ1) is 26.7. The molecule has 1 aliphatic rings. The van der Waals surface area contributed by atoms with Crippen molar-refractivity contribution >= 4 is 32.8 Å². The summed E-state index contributed by atoms with van der Waals surface area (Å²) >= 11 is 2.04. The second-order valence-electron chi connectivity index (χ2n) is 13.1. The summed E-state index contributed by atoms with van der Waals surface area (Å²) in [6.07, 6.45) is 2.51. The summed E-state index contributed by atoms with van der Waals surface area (Å²) in [6, 6.07) is 38.7. The van der Waals surface area contributed by atoms with E-state index in [1.165, 1.54) is 4.57 Å². The number of benzene rings is 5. The zero-order valence-corrected chi connectivity index (χ0v) is 29.5. The fourth-order valence-corrected chi connectivity index (χ4v) is 7.77. The van der Waals surface area contributed by atoms with E-state index in [2.05, 4.69) is 32.0 Å². The van der Waals surface area contributed by atoms with Crippen molar-refractivity contribution in [2.75, 3.05) is 6.61 Å². The molecule has 0 aliphatic carbocycles. The zero-order valence-electron chi connectivity index (χ0n) is 33.2. The summed E-state index contributed by atoms with van der Waals surface area (Å²) in [5, 5.41) is 1.84. The Kier molecular flexibility index (Phi) is 5.82. The minimum atomic E-state index is -2.42. The molecule has 0 atom stereocenters. The van der Waals surface area contributed by atoms with Gasteiger partial charge in [0.15, 0.2) is 0 Å². The number of aromatic nitrogens is 4. The Hall–Kier alpha value is -5.19. The smallest absolute Gasteiger partial charge is 0.493 e. The van der Waals surface area contributed by atoms with Crippen LogP contribution in [0.5, 0.6) is 17.2 Å². The standard InChI is InChI=1S/C43H34N4O2.Pt/c1-28-21-42(44-26-35(28)29-11-6-5-7-12-29)47-39-23-32(17-18-33(39)34-24-36-41(25-40(34)47)48-20-19-43(36,2)3)49-31-14-10-13-30(22-31)46-27-45(4)37-15-8-9-16-38(37)46;/h5-18,21,24-26H,19-20H2,1-4H3;/q-2;/i1D3,4D3;. The Labute approximate surface area is 310 Å². The molecular weight excluding hydrogens is 800 g/mol. The van der Waals surface area contributed by atoms with E-state index in [0.717, 1.165) is 45.1 Å². The maximum atomic E-state index is 8.52. The van der Waals surface area contributed by atoms with E-state index in [0.29, 0.717) is 50.0 Å². The SMILES string of the molecule is [2H]C([2H])([2H])c1cc(-n2c3[c-]c(Oc4[c-]c(-n5[c](=[Pt])n(C([2H])([2H])[2H])c6ccccc65)ccc4)ccc3c3cc4c(cc32)OCCC4(C)C)ncc1-c1ccccc1. The molecule has 0 fully saturated rings. The Morgan fingerprint density at radius 3 is 2.50 bits per heavy atom. The molecule has 250 valence electrons. The molecule has 7 heteroatoms. The van der Waals surface area contributed by atoms with Crippen molar-refractivity contribution in [1.29, 1.82) is 0 Å². The average Bonchev–Trinajstić information content (AvgIpc) is 3.64. The molecule has 0 unspecified atom stereocenters. The normalized spacial score (nSPS) is 16.2. The van der Waals surface area contributed by atoms with Crippen LogP contribution in [0.1, 0.15) is 39.6 Å². The number of fused-ring (bicyclic) bond motifs is 5. The van der Waals surface area contributed by atoms with E-state index >= 15 is 0 Å². The van der Waals surface area contributed by atoms with Gasteiger partial charge in [0.2, 0.25) is 0 Å². The van der Waals surface area contributed by atoms with E-state index in [-0.39, 0.29) is 11.0 Å². The zero-order chi connectivity index (χ0) is 39.1. The molecule has 0 saturated heterocycles. The predicted molar refractivity (Wildman–Crippen MR) is 195 cm³/mol. The van der Waals surface area contributed by atoms with Crippen molar-refractivity contribution < 1.29 is 37.1 Å². The van der Waals surface area contributed by atoms with Crippen LogP contribution < -0.4 is 9.47 Å². The topological polar surface area (TPSA) is 46.1 Å². The number of nitrogens with zero attached hydrogens (tertiary/aromatic N) is 4. The summed E-state index contributed by atoms with van der Waals surface area (Å²) in [6.45, 7) is 0.218. The van der Waals surface area contributed by atoms with Gasteiger partial charge in [-0.25, -0.2) is 0 Å². The number of hydrogen-bond acceptors (Lipinski definition) is 3. The summed E-state index contributed by atoms with van der Waals surface area (Å²) in [5.41, 5.74) is 5.82. The molecule has 3 aromatic heterocycles. The molecule has 8 aromatic rings. The average molecular weight is 840 g/mol. The van der Waals surface area contributed by atoms with Gasteiger partial charge >= 0.3 is 198 Å². The van der Waals surface area contributed by atoms with Gasteiger partial charge in [-0.3, -0.25) is 0 Å². The van der Waals surface area contributed by atoms with Crippen molar-refractivity contribution in [2.45, 2.75) is 32.5 Å². The van der Waals surface area contributed by atoms with Gasteiger partial charge in [-0.1, -0.05) is 44.2 Å². The fourth-order valence-electron chi connectivity index (χ4n) is 6.95. The second-order valence-corrected chi connectivity index (χ2v) is 14.1. The first-order valence-corrected chi connectivity index (χ1v) is 17.5. The molecule has 4 heterocycles. The van der Waals surface area contributed by atoms with Gasteiger partial charge in [0.1, 0.15) is 5.75 Å². The minimum Gasteiger partial charge on any atom is -0.493 e. The molecule has 0 saturated carbocycles. The Morgan fingerprint density at radius 2 is 1.66 bits per heavy atom. The van der Waals surface area contributed by atoms with Crippen LogP contribution in [0.3, 0.4) is 0 Å². The van der Waals surface area contributed by atoms with Crippen molar-refractivity contribution in [1.82, 2.24) is 18.7 Å². The van der Waals surface area contributed by atoms with Crippen molar-refractivity contribution in [3.8, 4) is 39.9 Å². The van der Waals surface area contributed by atoms with Crippen LogP contribution in [0, 0.1) is 22.8 Å². The minimum absolute atomic E-state index is 0.112. The number of imidazole rings is 1. The van der Waals surface area contributed by atoms with Gasteiger partial charge in [0.05, 0.1) is 6.61 Å². The Balaban J connectivity index is 1.21. The van der Waals surface area contributed by atoms with E-state index < -0.39 is 13.8 Å². The molecule has 1 aliphatic heterocycles. The molecular formula is C43H34N4O2Pt-2. The predicted octanol–water partition coefficient (Wildman–Crippen LogP) is 9.97. The molecule has 0 N–H and O–H groups in total.